The molecule has 0 aliphatic carbocycles. The van der Waals surface area contributed by atoms with Gasteiger partial charge in [0.1, 0.15) is 11.6 Å². The molecule has 0 atom stereocenters. The van der Waals surface area contributed by atoms with Crippen LogP contribution in [0.2, 0.25) is 0 Å². The molecule has 6 heteroatoms. The first kappa shape index (κ1) is 13.5. The first-order valence-corrected chi connectivity index (χ1v) is 5.64. The fourth-order valence-electron chi connectivity index (χ4n) is 1.41. The summed E-state index contributed by atoms with van der Waals surface area (Å²) in [6, 6.07) is 1.80. The number of rotatable bonds is 6. The van der Waals surface area contributed by atoms with Gasteiger partial charge in [-0.2, -0.15) is 9.97 Å². The monoisotopic (exact) mass is 239 g/mol. The summed E-state index contributed by atoms with van der Waals surface area (Å²) in [6.07, 6.45) is 0.736. The lowest BCUT2D eigenvalue weighted by Gasteiger charge is -2.24. The van der Waals surface area contributed by atoms with Gasteiger partial charge in [0.05, 0.1) is 0 Å². The average molecular weight is 239 g/mol. The zero-order valence-electron chi connectivity index (χ0n) is 10.6. The van der Waals surface area contributed by atoms with Crippen LogP contribution in [0.15, 0.2) is 6.07 Å². The number of nitrogen functional groups attached to an aromatic ring is 1. The van der Waals surface area contributed by atoms with Crippen molar-refractivity contribution in [3.05, 3.63) is 6.07 Å². The quantitative estimate of drug-likeness (QED) is 0.589. The van der Waals surface area contributed by atoms with E-state index in [1.807, 2.05) is 0 Å². The molecule has 5 N–H and O–H groups in total. The van der Waals surface area contributed by atoms with Crippen LogP contribution < -0.4 is 16.4 Å². The van der Waals surface area contributed by atoms with Crippen LogP contribution >= 0.6 is 0 Å². The van der Waals surface area contributed by atoms with Crippen LogP contribution in [-0.2, 0) is 0 Å². The summed E-state index contributed by atoms with van der Waals surface area (Å²) in [4.78, 5) is 8.11. The van der Waals surface area contributed by atoms with E-state index >= 15 is 0 Å². The Balaban J connectivity index is 2.65. The van der Waals surface area contributed by atoms with E-state index in [0.29, 0.717) is 18.2 Å². The van der Waals surface area contributed by atoms with Crippen LogP contribution in [0.3, 0.4) is 0 Å². The summed E-state index contributed by atoms with van der Waals surface area (Å²) in [5.41, 5.74) is 5.60. The van der Waals surface area contributed by atoms with E-state index in [2.05, 4.69) is 34.4 Å². The number of nitrogens with one attached hydrogen (secondary N) is 2. The van der Waals surface area contributed by atoms with E-state index < -0.39 is 0 Å². The molecule has 1 heterocycles. The van der Waals surface area contributed by atoms with Crippen molar-refractivity contribution in [2.45, 2.75) is 20.3 Å². The van der Waals surface area contributed by atoms with E-state index in [1.165, 1.54) is 0 Å². The minimum atomic E-state index is 0.00820. The second-order valence-corrected chi connectivity index (χ2v) is 4.74. The summed E-state index contributed by atoms with van der Waals surface area (Å²) >= 11 is 0. The van der Waals surface area contributed by atoms with Gasteiger partial charge >= 0.3 is 0 Å². The molecular weight excluding hydrogens is 218 g/mol. The molecule has 0 unspecified atom stereocenters. The Kier molecular flexibility index (Phi) is 4.51. The van der Waals surface area contributed by atoms with Crippen molar-refractivity contribution >= 4 is 17.6 Å². The van der Waals surface area contributed by atoms with Crippen LogP contribution in [0.1, 0.15) is 20.3 Å². The Labute approximate surface area is 102 Å². The molecule has 96 valence electrons. The minimum absolute atomic E-state index is 0.00820. The van der Waals surface area contributed by atoms with Gasteiger partial charge in [-0.1, -0.05) is 13.8 Å². The molecule has 1 aromatic rings. The van der Waals surface area contributed by atoms with Crippen LogP contribution in [0.25, 0.3) is 0 Å². The van der Waals surface area contributed by atoms with Gasteiger partial charge in [-0.25, -0.2) is 0 Å². The summed E-state index contributed by atoms with van der Waals surface area (Å²) in [5.74, 6) is 1.60. The third-order valence-electron chi connectivity index (χ3n) is 2.54. The molecular formula is C11H21N5O. The van der Waals surface area contributed by atoms with Gasteiger partial charge in [0, 0.05) is 26.3 Å². The van der Waals surface area contributed by atoms with Gasteiger partial charge < -0.3 is 21.5 Å². The Morgan fingerprint density at radius 2 is 2.00 bits per heavy atom. The van der Waals surface area contributed by atoms with Crippen molar-refractivity contribution in [3.63, 3.8) is 0 Å². The standard InChI is InChI=1S/C11H21N5O/c1-11(2,4-5-17)7-14-9-6-8(13-3)15-10(12)16-9/h6,17H,4-5,7H2,1-3H3,(H4,12,13,14,15,16). The van der Waals surface area contributed by atoms with Gasteiger partial charge in [-0.15, -0.1) is 0 Å². The van der Waals surface area contributed by atoms with Crippen molar-refractivity contribution in [2.75, 3.05) is 36.6 Å². The Hall–Kier alpha value is -1.56. The number of aliphatic hydroxyl groups excluding tert-OH is 1. The number of aromatic nitrogens is 2. The van der Waals surface area contributed by atoms with E-state index in [4.69, 9.17) is 10.8 Å². The lowest BCUT2D eigenvalue weighted by atomic mass is 9.90. The maximum Gasteiger partial charge on any atom is 0.223 e. The SMILES string of the molecule is CNc1cc(NCC(C)(C)CCO)nc(N)n1. The highest BCUT2D eigenvalue weighted by atomic mass is 16.3. The zero-order valence-corrected chi connectivity index (χ0v) is 10.6. The van der Waals surface area contributed by atoms with Crippen molar-refractivity contribution in [2.24, 2.45) is 5.41 Å². The molecule has 0 saturated heterocycles. The molecule has 17 heavy (non-hydrogen) atoms. The molecule has 6 nitrogen and oxygen atoms in total. The first-order valence-electron chi connectivity index (χ1n) is 5.64. The Morgan fingerprint density at radius 3 is 2.59 bits per heavy atom. The second kappa shape index (κ2) is 5.67. The Morgan fingerprint density at radius 1 is 1.35 bits per heavy atom. The summed E-state index contributed by atoms with van der Waals surface area (Å²) in [6.45, 7) is 5.06. The molecule has 1 aromatic heterocycles. The second-order valence-electron chi connectivity index (χ2n) is 4.74. The van der Waals surface area contributed by atoms with Gasteiger partial charge in [0.15, 0.2) is 0 Å². The molecule has 0 amide bonds. The molecule has 0 fully saturated rings. The third-order valence-corrected chi connectivity index (χ3v) is 2.54. The number of nitrogens with zero attached hydrogens (tertiary/aromatic N) is 2. The van der Waals surface area contributed by atoms with E-state index in [-0.39, 0.29) is 18.0 Å². The maximum atomic E-state index is 8.94. The Bertz CT molecular complexity index is 367. The summed E-state index contributed by atoms with van der Waals surface area (Å²) in [7, 11) is 1.78. The fourth-order valence-corrected chi connectivity index (χ4v) is 1.41. The topological polar surface area (TPSA) is 96.1 Å². The average Bonchev–Trinajstić information content (AvgIpc) is 2.26. The van der Waals surface area contributed by atoms with E-state index in [9.17, 15) is 0 Å². The molecule has 0 bridgehead atoms. The molecule has 0 aromatic carbocycles. The predicted octanol–water partition coefficient (Wildman–Crippen LogP) is 0.921. The van der Waals surface area contributed by atoms with E-state index in [1.54, 1.807) is 13.1 Å². The highest BCUT2D eigenvalue weighted by Gasteiger charge is 2.17. The van der Waals surface area contributed by atoms with Crippen LogP contribution in [0, 0.1) is 5.41 Å². The van der Waals surface area contributed by atoms with Crippen LogP contribution in [0.4, 0.5) is 17.6 Å². The van der Waals surface area contributed by atoms with Crippen LogP contribution in [-0.4, -0.2) is 35.3 Å². The van der Waals surface area contributed by atoms with Crippen molar-refractivity contribution < 1.29 is 5.11 Å². The normalized spacial score (nSPS) is 11.3. The van der Waals surface area contributed by atoms with Crippen LogP contribution in [0.5, 0.6) is 0 Å². The molecule has 0 aliphatic rings. The maximum absolute atomic E-state index is 8.94. The third kappa shape index (κ3) is 4.44. The highest BCUT2D eigenvalue weighted by molar-refractivity contribution is 5.50. The molecule has 0 saturated carbocycles. The number of anilines is 3. The lowest BCUT2D eigenvalue weighted by Crippen LogP contribution is -2.24. The fraction of sp³-hybridized carbons (Fsp3) is 0.636. The number of hydrogen-bond acceptors (Lipinski definition) is 6. The predicted molar refractivity (Wildman–Crippen MR) is 70.0 cm³/mol. The van der Waals surface area contributed by atoms with Gasteiger partial charge in [0.25, 0.3) is 0 Å². The summed E-state index contributed by atoms with van der Waals surface area (Å²) < 4.78 is 0. The van der Waals surface area contributed by atoms with Crippen molar-refractivity contribution in [1.29, 1.82) is 0 Å². The van der Waals surface area contributed by atoms with Gasteiger partial charge in [-0.3, -0.25) is 0 Å². The van der Waals surface area contributed by atoms with Gasteiger partial charge in [0.2, 0.25) is 5.95 Å². The van der Waals surface area contributed by atoms with Gasteiger partial charge in [-0.05, 0) is 11.8 Å². The molecule has 0 aliphatic heterocycles. The van der Waals surface area contributed by atoms with Crippen molar-refractivity contribution in [3.8, 4) is 0 Å². The van der Waals surface area contributed by atoms with E-state index in [0.717, 1.165) is 6.42 Å². The lowest BCUT2D eigenvalue weighted by molar-refractivity contribution is 0.220. The largest absolute Gasteiger partial charge is 0.396 e. The van der Waals surface area contributed by atoms with Crippen molar-refractivity contribution in [1.82, 2.24) is 9.97 Å². The minimum Gasteiger partial charge on any atom is -0.396 e. The molecule has 1 rings (SSSR count). The first-order chi connectivity index (χ1) is 7.96. The number of aliphatic hydroxyl groups is 1. The summed E-state index contributed by atoms with van der Waals surface area (Å²) in [5, 5.41) is 15.1. The molecule has 0 radical (unpaired) electrons. The number of nitrogens with two attached hydrogens (primary N) is 1. The highest BCUT2D eigenvalue weighted by Crippen LogP contribution is 2.21. The smallest absolute Gasteiger partial charge is 0.223 e. The molecule has 0 spiro atoms. The number of hydrogen-bond donors (Lipinski definition) is 4. The zero-order chi connectivity index (χ0) is 12.9.